The third kappa shape index (κ3) is 2.75. The molecule has 1 aliphatic rings. The van der Waals surface area contributed by atoms with E-state index >= 15 is 0 Å². The molecule has 1 fully saturated rings. The van der Waals surface area contributed by atoms with Crippen molar-refractivity contribution in [2.45, 2.75) is 31.8 Å². The van der Waals surface area contributed by atoms with Crippen molar-refractivity contribution >= 4 is 21.8 Å². The van der Waals surface area contributed by atoms with Gasteiger partial charge in [0, 0.05) is 11.0 Å². The Labute approximate surface area is 117 Å². The summed E-state index contributed by atoms with van der Waals surface area (Å²) in [6.45, 7) is 2.95. The van der Waals surface area contributed by atoms with Gasteiger partial charge in [-0.05, 0) is 44.5 Å². The molecule has 1 aromatic carbocycles. The van der Waals surface area contributed by atoms with Crippen LogP contribution >= 0.6 is 15.9 Å². The van der Waals surface area contributed by atoms with Crippen LogP contribution in [0.15, 0.2) is 28.7 Å². The molecule has 0 spiro atoms. The number of hydrogen-bond donors (Lipinski definition) is 1. The summed E-state index contributed by atoms with van der Waals surface area (Å²) in [4.78, 5) is 14.3. The van der Waals surface area contributed by atoms with E-state index in [2.05, 4.69) is 40.3 Å². The minimum atomic E-state index is -0.0200. The van der Waals surface area contributed by atoms with Crippen LogP contribution < -0.4 is 5.32 Å². The van der Waals surface area contributed by atoms with Crippen LogP contribution in [0.4, 0.5) is 0 Å². The van der Waals surface area contributed by atoms with Gasteiger partial charge in [-0.25, -0.2) is 0 Å². The lowest BCUT2D eigenvalue weighted by molar-refractivity contribution is -0.138. The van der Waals surface area contributed by atoms with E-state index in [1.807, 2.05) is 24.1 Å². The zero-order chi connectivity index (χ0) is 13.1. The first kappa shape index (κ1) is 13.6. The maximum absolute atomic E-state index is 12.3. The molecule has 2 atom stereocenters. The Morgan fingerprint density at radius 3 is 2.94 bits per heavy atom. The second kappa shape index (κ2) is 5.85. The summed E-state index contributed by atoms with van der Waals surface area (Å²) in [6.07, 6.45) is 2.01. The van der Waals surface area contributed by atoms with E-state index in [1.54, 1.807) is 0 Å². The molecular formula is C14H19BrN2O. The van der Waals surface area contributed by atoms with Gasteiger partial charge in [-0.15, -0.1) is 0 Å². The Morgan fingerprint density at radius 1 is 1.50 bits per heavy atom. The monoisotopic (exact) mass is 310 g/mol. The van der Waals surface area contributed by atoms with E-state index < -0.39 is 0 Å². The van der Waals surface area contributed by atoms with Gasteiger partial charge in [0.2, 0.25) is 5.91 Å². The summed E-state index contributed by atoms with van der Waals surface area (Å²) >= 11 is 3.48. The largest absolute Gasteiger partial charge is 0.335 e. The lowest BCUT2D eigenvalue weighted by Crippen LogP contribution is -2.50. The van der Waals surface area contributed by atoms with Crippen LogP contribution in [0.2, 0.25) is 0 Å². The second-order valence-electron chi connectivity index (χ2n) is 4.75. The predicted molar refractivity (Wildman–Crippen MR) is 76.4 cm³/mol. The third-order valence-corrected chi connectivity index (χ3v) is 4.11. The number of amides is 1. The van der Waals surface area contributed by atoms with Crippen molar-refractivity contribution in [2.75, 3.05) is 13.6 Å². The number of piperidine rings is 1. The zero-order valence-corrected chi connectivity index (χ0v) is 12.4. The summed E-state index contributed by atoms with van der Waals surface area (Å²) in [7, 11) is 1.86. The second-order valence-corrected chi connectivity index (χ2v) is 5.66. The Balaban J connectivity index is 2.17. The van der Waals surface area contributed by atoms with Gasteiger partial charge in [0.05, 0.1) is 12.1 Å². The molecule has 2 rings (SSSR count). The molecule has 4 heteroatoms. The molecule has 1 saturated heterocycles. The molecular weight excluding hydrogens is 292 g/mol. The maximum Gasteiger partial charge on any atom is 0.240 e. The molecule has 2 unspecified atom stereocenters. The van der Waals surface area contributed by atoms with Crippen LogP contribution in [-0.4, -0.2) is 30.4 Å². The van der Waals surface area contributed by atoms with Gasteiger partial charge in [0.25, 0.3) is 0 Å². The smallest absolute Gasteiger partial charge is 0.240 e. The fraction of sp³-hybridized carbons (Fsp3) is 0.500. The number of hydrogen-bond acceptors (Lipinski definition) is 2. The first-order chi connectivity index (χ1) is 8.63. The predicted octanol–water partition coefficient (Wildman–Crippen LogP) is 2.72. The number of carbonyl (C=O) groups is 1. The molecule has 0 aliphatic carbocycles. The number of nitrogens with one attached hydrogen (secondary N) is 1. The van der Waals surface area contributed by atoms with Crippen molar-refractivity contribution in [1.82, 2.24) is 10.2 Å². The van der Waals surface area contributed by atoms with E-state index in [4.69, 9.17) is 0 Å². The lowest BCUT2D eigenvalue weighted by atomic mass is 10.00. The van der Waals surface area contributed by atoms with Crippen LogP contribution in [0.5, 0.6) is 0 Å². The van der Waals surface area contributed by atoms with Crippen molar-refractivity contribution in [2.24, 2.45) is 0 Å². The first-order valence-electron chi connectivity index (χ1n) is 6.36. The fourth-order valence-corrected chi connectivity index (χ4v) is 2.92. The van der Waals surface area contributed by atoms with E-state index in [0.29, 0.717) is 0 Å². The average Bonchev–Trinajstić information content (AvgIpc) is 2.38. The number of rotatable bonds is 3. The van der Waals surface area contributed by atoms with Crippen LogP contribution in [0.25, 0.3) is 0 Å². The van der Waals surface area contributed by atoms with Gasteiger partial charge in [-0.3, -0.25) is 4.79 Å². The third-order valence-electron chi connectivity index (χ3n) is 3.62. The number of nitrogens with zero attached hydrogens (tertiary/aromatic N) is 1. The van der Waals surface area contributed by atoms with Gasteiger partial charge >= 0.3 is 0 Å². The van der Waals surface area contributed by atoms with Gasteiger partial charge < -0.3 is 10.2 Å². The molecule has 1 aromatic rings. The molecule has 0 bridgehead atoms. The Hall–Kier alpha value is -0.870. The van der Waals surface area contributed by atoms with Gasteiger partial charge in [-0.2, -0.15) is 0 Å². The topological polar surface area (TPSA) is 32.3 Å². The number of likely N-dealkylation sites (N-methyl/N-ethyl adjacent to an activating group) is 1. The minimum Gasteiger partial charge on any atom is -0.335 e. The zero-order valence-electron chi connectivity index (χ0n) is 10.8. The Kier molecular flexibility index (Phi) is 4.40. The number of likely N-dealkylation sites (tertiary alicyclic amines) is 1. The number of benzene rings is 1. The SMILES string of the molecule is CNC1CCCN(C(C)c2cccc(Br)c2)C1=O. The Bertz CT molecular complexity index is 436. The summed E-state index contributed by atoms with van der Waals surface area (Å²) < 4.78 is 1.06. The summed E-state index contributed by atoms with van der Waals surface area (Å²) in [5.74, 6) is 0.219. The summed E-state index contributed by atoms with van der Waals surface area (Å²) in [6, 6.07) is 8.29. The lowest BCUT2D eigenvalue weighted by Gasteiger charge is -2.36. The van der Waals surface area contributed by atoms with Crippen LogP contribution in [0.1, 0.15) is 31.4 Å². The van der Waals surface area contributed by atoms with Crippen LogP contribution in [0.3, 0.4) is 0 Å². The van der Waals surface area contributed by atoms with Crippen LogP contribution in [-0.2, 0) is 4.79 Å². The fourth-order valence-electron chi connectivity index (χ4n) is 2.50. The molecule has 1 aliphatic heterocycles. The van der Waals surface area contributed by atoms with Crippen molar-refractivity contribution in [3.05, 3.63) is 34.3 Å². The van der Waals surface area contributed by atoms with Crippen LogP contribution in [0, 0.1) is 0 Å². The van der Waals surface area contributed by atoms with Crippen molar-refractivity contribution in [1.29, 1.82) is 0 Å². The van der Waals surface area contributed by atoms with E-state index in [1.165, 1.54) is 5.56 Å². The molecule has 98 valence electrons. The highest BCUT2D eigenvalue weighted by Crippen LogP contribution is 2.26. The average molecular weight is 311 g/mol. The van der Waals surface area contributed by atoms with E-state index in [-0.39, 0.29) is 18.0 Å². The van der Waals surface area contributed by atoms with Gasteiger partial charge in [0.15, 0.2) is 0 Å². The molecule has 3 nitrogen and oxygen atoms in total. The molecule has 0 radical (unpaired) electrons. The van der Waals surface area contributed by atoms with Gasteiger partial charge in [0.1, 0.15) is 0 Å². The highest BCUT2D eigenvalue weighted by atomic mass is 79.9. The number of halogens is 1. The number of carbonyl (C=O) groups excluding carboxylic acids is 1. The minimum absolute atomic E-state index is 0.0200. The standard InChI is InChI=1S/C14H19BrN2O/c1-10(11-5-3-6-12(15)9-11)17-8-4-7-13(16-2)14(17)18/h3,5-6,9-10,13,16H,4,7-8H2,1-2H3. The highest BCUT2D eigenvalue weighted by molar-refractivity contribution is 9.10. The van der Waals surface area contributed by atoms with Crippen molar-refractivity contribution in [3.8, 4) is 0 Å². The van der Waals surface area contributed by atoms with Crippen molar-refractivity contribution < 1.29 is 4.79 Å². The molecule has 18 heavy (non-hydrogen) atoms. The highest BCUT2D eigenvalue weighted by Gasteiger charge is 2.30. The molecule has 0 aromatic heterocycles. The molecule has 1 heterocycles. The molecule has 1 N–H and O–H groups in total. The quantitative estimate of drug-likeness (QED) is 0.931. The van der Waals surface area contributed by atoms with Crippen molar-refractivity contribution in [3.63, 3.8) is 0 Å². The maximum atomic E-state index is 12.3. The van der Waals surface area contributed by atoms with E-state index in [9.17, 15) is 4.79 Å². The van der Waals surface area contributed by atoms with E-state index in [0.717, 1.165) is 23.9 Å². The summed E-state index contributed by atoms with van der Waals surface area (Å²) in [5.41, 5.74) is 1.18. The molecule has 0 saturated carbocycles. The first-order valence-corrected chi connectivity index (χ1v) is 7.16. The van der Waals surface area contributed by atoms with Gasteiger partial charge in [-0.1, -0.05) is 28.1 Å². The summed E-state index contributed by atoms with van der Waals surface area (Å²) in [5, 5.41) is 3.10. The normalized spacial score (nSPS) is 22.1. The molecule has 1 amide bonds. The Morgan fingerprint density at radius 2 is 2.28 bits per heavy atom.